The first-order valence-electron chi connectivity index (χ1n) is 6.91. The summed E-state index contributed by atoms with van der Waals surface area (Å²) in [6, 6.07) is 2.47. The van der Waals surface area contributed by atoms with E-state index in [0.717, 1.165) is 6.42 Å². The van der Waals surface area contributed by atoms with Crippen LogP contribution in [0.4, 0.5) is 0 Å². The third-order valence-electron chi connectivity index (χ3n) is 5.24. The van der Waals surface area contributed by atoms with Crippen molar-refractivity contribution in [2.45, 2.75) is 51.0 Å². The predicted molar refractivity (Wildman–Crippen MR) is 83.9 cm³/mol. The summed E-state index contributed by atoms with van der Waals surface area (Å²) in [4.78, 5) is 0. The van der Waals surface area contributed by atoms with Gasteiger partial charge in [-0.25, -0.2) is 0 Å². The van der Waals surface area contributed by atoms with Crippen molar-refractivity contribution in [3.05, 3.63) is 39.5 Å². The molecule has 0 aliphatic heterocycles. The molecular weight excluding hydrogens is 256 g/mol. The van der Waals surface area contributed by atoms with Gasteiger partial charge in [0, 0.05) is 15.6 Å². The van der Waals surface area contributed by atoms with Crippen LogP contribution in [-0.2, 0) is 6.42 Å². The van der Waals surface area contributed by atoms with E-state index in [4.69, 9.17) is 11.6 Å². The molecule has 1 aromatic carbocycles. The largest absolute Gasteiger partial charge is 0.122 e. The van der Waals surface area contributed by atoms with E-state index in [1.807, 2.05) is 0 Å². The van der Waals surface area contributed by atoms with Crippen LogP contribution in [0.15, 0.2) is 11.6 Å². The average Bonchev–Trinajstić information content (AvgIpc) is 2.72. The molecule has 18 heavy (non-hydrogen) atoms. The molecule has 3 rings (SSSR count). The molecule has 96 valence electrons. The van der Waals surface area contributed by atoms with Crippen LogP contribution in [0.3, 0.4) is 0 Å². The van der Waals surface area contributed by atoms with Gasteiger partial charge in [-0.3, -0.25) is 0 Å². The van der Waals surface area contributed by atoms with Crippen LogP contribution in [0.5, 0.6) is 0 Å². The quantitative estimate of drug-likeness (QED) is 0.503. The Morgan fingerprint density at radius 1 is 1.28 bits per heavy atom. The van der Waals surface area contributed by atoms with Crippen molar-refractivity contribution < 1.29 is 0 Å². The van der Waals surface area contributed by atoms with Crippen molar-refractivity contribution in [1.29, 1.82) is 0 Å². The normalized spacial score (nSPS) is 29.9. The summed E-state index contributed by atoms with van der Waals surface area (Å²) < 4.78 is 0. The predicted octanol–water partition coefficient (Wildman–Crippen LogP) is 3.48. The summed E-state index contributed by atoms with van der Waals surface area (Å²) in [6.07, 6.45) is 1.05. The Morgan fingerprint density at radius 3 is 2.61 bits per heavy atom. The molecule has 0 N–H and O–H groups in total. The van der Waals surface area contributed by atoms with Gasteiger partial charge in [0.05, 0.1) is 0 Å². The van der Waals surface area contributed by atoms with Gasteiger partial charge in [0.15, 0.2) is 0 Å². The molecule has 2 aliphatic carbocycles. The minimum atomic E-state index is 0.291. The van der Waals surface area contributed by atoms with Gasteiger partial charge in [-0.1, -0.05) is 18.6 Å². The number of hydrogen-bond acceptors (Lipinski definition) is 0. The van der Waals surface area contributed by atoms with Crippen LogP contribution in [0.2, 0.25) is 0 Å². The van der Waals surface area contributed by atoms with Crippen LogP contribution in [0.25, 0.3) is 5.57 Å². The number of benzene rings is 1. The molecule has 0 fully saturated rings. The van der Waals surface area contributed by atoms with Crippen LogP contribution in [0.1, 0.15) is 60.0 Å². The van der Waals surface area contributed by atoms with Gasteiger partial charge in [0.25, 0.3) is 0 Å². The van der Waals surface area contributed by atoms with E-state index >= 15 is 0 Å². The van der Waals surface area contributed by atoms with Crippen LogP contribution in [-0.4, -0.2) is 15.6 Å². The number of halogens is 1. The fourth-order valence-electron chi connectivity index (χ4n) is 3.89. The van der Waals surface area contributed by atoms with Crippen LogP contribution in [0, 0.1) is 6.92 Å². The Kier molecular flexibility index (Phi) is 2.76. The van der Waals surface area contributed by atoms with Gasteiger partial charge in [-0.15, -0.1) is 11.6 Å². The summed E-state index contributed by atoms with van der Waals surface area (Å²) >= 11 is 6.46. The van der Waals surface area contributed by atoms with E-state index in [2.05, 4.69) is 33.8 Å². The van der Waals surface area contributed by atoms with E-state index in [9.17, 15) is 0 Å². The molecule has 0 radical (unpaired) electrons. The van der Waals surface area contributed by atoms with E-state index in [0.29, 0.717) is 16.8 Å². The molecule has 0 amide bonds. The summed E-state index contributed by atoms with van der Waals surface area (Å²) in [7, 11) is 1.22. The third kappa shape index (κ3) is 1.44. The minimum Gasteiger partial charge on any atom is -0.122 e. The lowest BCUT2D eigenvalue weighted by molar-refractivity contribution is 0.753. The molecule has 0 bridgehead atoms. The Labute approximate surface area is 118 Å². The number of alkyl halides is 1. The molecule has 2 aliphatic rings. The Hall–Kier alpha value is -0.533. The molecule has 3 atom stereocenters. The first-order valence-corrected chi connectivity index (χ1v) is 8.50. The maximum absolute atomic E-state index is 6.46. The third-order valence-corrected chi connectivity index (χ3v) is 7.26. The van der Waals surface area contributed by atoms with Gasteiger partial charge < -0.3 is 0 Å². The zero-order valence-corrected chi connectivity index (χ0v) is 14.7. The number of rotatable bonds is 0. The van der Waals surface area contributed by atoms with Crippen molar-refractivity contribution in [2.75, 3.05) is 0 Å². The standard InChI is InChI=1S/C16H21ClSi/c1-7-8(2)16(18)12-5-11-6-13(17)9(3)14(11)10(4)15(7)12/h5,9,13,16H,6H2,1-4,18H3. The second-order valence-electron chi connectivity index (χ2n) is 6.08. The van der Waals surface area contributed by atoms with Crippen LogP contribution < -0.4 is 0 Å². The Morgan fingerprint density at radius 2 is 1.94 bits per heavy atom. The number of hydrogen-bond donors (Lipinski definition) is 0. The highest BCUT2D eigenvalue weighted by Gasteiger charge is 2.34. The monoisotopic (exact) mass is 276 g/mol. The van der Waals surface area contributed by atoms with Gasteiger partial charge in [-0.05, 0) is 72.0 Å². The molecular formula is C16H21ClSi. The van der Waals surface area contributed by atoms with Gasteiger partial charge in [0.2, 0.25) is 0 Å². The minimum absolute atomic E-state index is 0.291. The Bertz CT molecular complexity index is 571. The fraction of sp³-hybridized carbons (Fsp3) is 0.500. The van der Waals surface area contributed by atoms with Crippen LogP contribution >= 0.6 is 11.6 Å². The first kappa shape index (κ1) is 12.5. The highest BCUT2D eigenvalue weighted by molar-refractivity contribution is 6.21. The molecule has 2 heteroatoms. The zero-order chi connectivity index (χ0) is 13.2. The highest BCUT2D eigenvalue weighted by Crippen LogP contribution is 2.48. The average molecular weight is 277 g/mol. The fourth-order valence-corrected chi connectivity index (χ4v) is 5.08. The number of allylic oxidation sites excluding steroid dienone is 2. The smallest absolute Gasteiger partial charge is 0.0442 e. The van der Waals surface area contributed by atoms with Gasteiger partial charge in [-0.2, -0.15) is 0 Å². The molecule has 0 nitrogen and oxygen atoms in total. The van der Waals surface area contributed by atoms with Crippen molar-refractivity contribution in [3.8, 4) is 0 Å². The van der Waals surface area contributed by atoms with E-state index in [1.165, 1.54) is 32.5 Å². The zero-order valence-electron chi connectivity index (χ0n) is 11.9. The molecule has 1 aromatic rings. The van der Waals surface area contributed by atoms with Gasteiger partial charge >= 0.3 is 0 Å². The lowest BCUT2D eigenvalue weighted by Crippen LogP contribution is -2.04. The SMILES string of the molecule is CC1=C(C)C([SiH3])c2cc3c(c(C)c21)C(C)C(Cl)C3. The molecule has 0 saturated heterocycles. The van der Waals surface area contributed by atoms with Crippen molar-refractivity contribution in [1.82, 2.24) is 0 Å². The molecule has 0 heterocycles. The topological polar surface area (TPSA) is 0 Å². The molecule has 3 unspecified atom stereocenters. The molecule has 0 saturated carbocycles. The Balaban J connectivity index is 2.28. The first-order chi connectivity index (χ1) is 8.43. The second-order valence-corrected chi connectivity index (χ2v) is 7.79. The van der Waals surface area contributed by atoms with Gasteiger partial charge in [0.1, 0.15) is 0 Å². The summed E-state index contributed by atoms with van der Waals surface area (Å²) in [5.41, 5.74) is 11.5. The van der Waals surface area contributed by atoms with Crippen molar-refractivity contribution in [2.24, 2.45) is 0 Å². The molecule has 0 spiro atoms. The van der Waals surface area contributed by atoms with E-state index in [1.54, 1.807) is 16.7 Å². The second kappa shape index (κ2) is 3.98. The van der Waals surface area contributed by atoms with Crippen molar-refractivity contribution >= 4 is 27.4 Å². The van der Waals surface area contributed by atoms with Crippen molar-refractivity contribution in [3.63, 3.8) is 0 Å². The summed E-state index contributed by atoms with van der Waals surface area (Å²) in [6.45, 7) is 9.19. The summed E-state index contributed by atoms with van der Waals surface area (Å²) in [5.74, 6) is 0.508. The lowest BCUT2D eigenvalue weighted by atomic mass is 9.90. The maximum Gasteiger partial charge on any atom is 0.0442 e. The summed E-state index contributed by atoms with van der Waals surface area (Å²) in [5, 5.41) is 0.291. The maximum atomic E-state index is 6.46. The number of fused-ring (bicyclic) bond motifs is 2. The lowest BCUT2D eigenvalue weighted by Gasteiger charge is -2.17. The highest BCUT2D eigenvalue weighted by atomic mass is 35.5. The van der Waals surface area contributed by atoms with E-state index < -0.39 is 0 Å². The van der Waals surface area contributed by atoms with E-state index in [-0.39, 0.29) is 0 Å². The molecule has 0 aromatic heterocycles.